The summed E-state index contributed by atoms with van der Waals surface area (Å²) in [7, 11) is 0. The summed E-state index contributed by atoms with van der Waals surface area (Å²) in [5, 5.41) is 9.55. The molecule has 0 saturated heterocycles. The van der Waals surface area contributed by atoms with Gasteiger partial charge in [0.2, 0.25) is 0 Å². The van der Waals surface area contributed by atoms with E-state index in [0.717, 1.165) is 17.7 Å². The lowest BCUT2D eigenvalue weighted by Crippen LogP contribution is -2.05. The summed E-state index contributed by atoms with van der Waals surface area (Å²) < 4.78 is 0. The summed E-state index contributed by atoms with van der Waals surface area (Å²) in [6.07, 6.45) is 0.661. The third kappa shape index (κ3) is 1.28. The van der Waals surface area contributed by atoms with E-state index in [4.69, 9.17) is 0 Å². The van der Waals surface area contributed by atoms with Crippen LogP contribution in [0.25, 0.3) is 0 Å². The standard InChI is InChI=1S/C9H10OS/c10-8-5-6-11-9-4-2-1-3-7(8)9/h1-4,8,10H,5-6H2/t8-/m0/s1. The van der Waals surface area contributed by atoms with Gasteiger partial charge < -0.3 is 5.11 Å². The van der Waals surface area contributed by atoms with Crippen molar-refractivity contribution >= 4 is 11.8 Å². The normalized spacial score (nSPS) is 22.8. The zero-order valence-electron chi connectivity index (χ0n) is 6.16. The maximum Gasteiger partial charge on any atom is 0.0808 e. The zero-order valence-corrected chi connectivity index (χ0v) is 6.97. The predicted octanol–water partition coefficient (Wildman–Crippen LogP) is 2.22. The van der Waals surface area contributed by atoms with Gasteiger partial charge in [0, 0.05) is 10.6 Å². The Hall–Kier alpha value is -0.470. The molecule has 0 aliphatic carbocycles. The lowest BCUT2D eigenvalue weighted by Gasteiger charge is -2.19. The summed E-state index contributed by atoms with van der Waals surface area (Å²) in [4.78, 5) is 1.24. The Morgan fingerprint density at radius 2 is 2.18 bits per heavy atom. The topological polar surface area (TPSA) is 20.2 Å². The smallest absolute Gasteiger partial charge is 0.0808 e. The van der Waals surface area contributed by atoms with E-state index in [9.17, 15) is 5.11 Å². The number of hydrogen-bond acceptors (Lipinski definition) is 2. The molecule has 0 amide bonds. The second-order valence-electron chi connectivity index (χ2n) is 2.69. The molecule has 0 bridgehead atoms. The fourth-order valence-electron chi connectivity index (χ4n) is 1.32. The first-order valence-electron chi connectivity index (χ1n) is 3.78. The Labute approximate surface area is 70.4 Å². The van der Waals surface area contributed by atoms with Crippen molar-refractivity contribution in [3.8, 4) is 0 Å². The van der Waals surface area contributed by atoms with E-state index >= 15 is 0 Å². The largest absolute Gasteiger partial charge is 0.388 e. The lowest BCUT2D eigenvalue weighted by atomic mass is 10.1. The van der Waals surface area contributed by atoms with Crippen molar-refractivity contribution in [3.05, 3.63) is 29.8 Å². The monoisotopic (exact) mass is 166 g/mol. The van der Waals surface area contributed by atoms with Crippen molar-refractivity contribution < 1.29 is 5.11 Å². The first-order chi connectivity index (χ1) is 5.38. The van der Waals surface area contributed by atoms with Gasteiger partial charge in [-0.3, -0.25) is 0 Å². The first-order valence-corrected chi connectivity index (χ1v) is 4.76. The highest BCUT2D eigenvalue weighted by atomic mass is 32.2. The molecule has 1 atom stereocenters. The van der Waals surface area contributed by atoms with Gasteiger partial charge in [-0.15, -0.1) is 11.8 Å². The molecule has 2 rings (SSSR count). The molecule has 0 fully saturated rings. The molecule has 1 aliphatic rings. The number of aliphatic hydroxyl groups excluding tert-OH is 1. The highest BCUT2D eigenvalue weighted by Gasteiger charge is 2.16. The van der Waals surface area contributed by atoms with Gasteiger partial charge in [-0.2, -0.15) is 0 Å². The summed E-state index contributed by atoms with van der Waals surface area (Å²) in [6, 6.07) is 8.08. The minimum absolute atomic E-state index is 0.229. The fourth-order valence-corrected chi connectivity index (χ4v) is 2.43. The van der Waals surface area contributed by atoms with Crippen molar-refractivity contribution in [1.82, 2.24) is 0 Å². The van der Waals surface area contributed by atoms with Gasteiger partial charge in [0.05, 0.1) is 6.10 Å². The summed E-state index contributed by atoms with van der Waals surface area (Å²) in [5.41, 5.74) is 1.10. The maximum atomic E-state index is 9.55. The van der Waals surface area contributed by atoms with E-state index in [2.05, 4.69) is 6.07 Å². The van der Waals surface area contributed by atoms with Crippen LogP contribution in [0.1, 0.15) is 18.1 Å². The second-order valence-corrected chi connectivity index (χ2v) is 3.83. The number of aliphatic hydroxyl groups is 1. The molecule has 0 spiro atoms. The maximum absolute atomic E-state index is 9.55. The van der Waals surface area contributed by atoms with Crippen LogP contribution in [0.2, 0.25) is 0 Å². The molecule has 0 radical (unpaired) electrons. The quantitative estimate of drug-likeness (QED) is 0.637. The van der Waals surface area contributed by atoms with Crippen LogP contribution in [0.4, 0.5) is 0 Å². The van der Waals surface area contributed by atoms with E-state index in [1.54, 1.807) is 0 Å². The Morgan fingerprint density at radius 3 is 3.00 bits per heavy atom. The molecular weight excluding hydrogens is 156 g/mol. The van der Waals surface area contributed by atoms with Crippen LogP contribution in [0.3, 0.4) is 0 Å². The van der Waals surface area contributed by atoms with Crippen LogP contribution in [0.5, 0.6) is 0 Å². The van der Waals surface area contributed by atoms with E-state index in [1.165, 1.54) is 4.90 Å². The minimum atomic E-state index is -0.229. The SMILES string of the molecule is O[C@H]1CCSc2ccccc21. The molecule has 1 aromatic carbocycles. The molecule has 0 unspecified atom stereocenters. The van der Waals surface area contributed by atoms with Gasteiger partial charge in [-0.05, 0) is 18.1 Å². The number of hydrogen-bond donors (Lipinski definition) is 1. The Morgan fingerprint density at radius 1 is 1.36 bits per heavy atom. The predicted molar refractivity (Wildman–Crippen MR) is 46.7 cm³/mol. The van der Waals surface area contributed by atoms with Crippen LogP contribution >= 0.6 is 11.8 Å². The molecule has 58 valence electrons. The van der Waals surface area contributed by atoms with E-state index in [-0.39, 0.29) is 6.10 Å². The van der Waals surface area contributed by atoms with E-state index < -0.39 is 0 Å². The highest BCUT2D eigenvalue weighted by Crippen LogP contribution is 2.35. The lowest BCUT2D eigenvalue weighted by molar-refractivity contribution is 0.170. The Balaban J connectivity index is 2.44. The van der Waals surface area contributed by atoms with E-state index in [0.29, 0.717) is 0 Å². The van der Waals surface area contributed by atoms with Crippen LogP contribution in [0.15, 0.2) is 29.2 Å². The molecule has 1 aromatic rings. The molecule has 1 aliphatic heterocycles. The molecule has 1 heterocycles. The number of thioether (sulfide) groups is 1. The molecule has 1 nitrogen and oxygen atoms in total. The average Bonchev–Trinajstić information content (AvgIpc) is 2.06. The Bertz CT molecular complexity index is 259. The number of benzene rings is 1. The third-order valence-corrected chi connectivity index (χ3v) is 3.05. The van der Waals surface area contributed by atoms with Crippen molar-refractivity contribution in [1.29, 1.82) is 0 Å². The molecule has 0 saturated carbocycles. The van der Waals surface area contributed by atoms with Crippen molar-refractivity contribution in [2.24, 2.45) is 0 Å². The molecule has 2 heteroatoms. The summed E-state index contributed by atoms with van der Waals surface area (Å²) in [6.45, 7) is 0. The second kappa shape index (κ2) is 2.88. The summed E-state index contributed by atoms with van der Waals surface area (Å²) >= 11 is 1.83. The molecule has 11 heavy (non-hydrogen) atoms. The van der Waals surface area contributed by atoms with Gasteiger partial charge >= 0.3 is 0 Å². The average molecular weight is 166 g/mol. The van der Waals surface area contributed by atoms with Crippen LogP contribution in [-0.4, -0.2) is 10.9 Å². The van der Waals surface area contributed by atoms with Gasteiger partial charge in [0.15, 0.2) is 0 Å². The van der Waals surface area contributed by atoms with Crippen molar-refractivity contribution in [2.45, 2.75) is 17.4 Å². The van der Waals surface area contributed by atoms with E-state index in [1.807, 2.05) is 30.0 Å². The first kappa shape index (κ1) is 7.19. The third-order valence-electron chi connectivity index (χ3n) is 1.93. The van der Waals surface area contributed by atoms with Crippen LogP contribution < -0.4 is 0 Å². The number of rotatable bonds is 0. The van der Waals surface area contributed by atoms with Gasteiger partial charge in [0.1, 0.15) is 0 Å². The summed E-state index contributed by atoms with van der Waals surface area (Å²) in [5.74, 6) is 1.04. The molecular formula is C9H10OS. The number of fused-ring (bicyclic) bond motifs is 1. The zero-order chi connectivity index (χ0) is 7.68. The van der Waals surface area contributed by atoms with Gasteiger partial charge in [-0.1, -0.05) is 18.2 Å². The van der Waals surface area contributed by atoms with Crippen LogP contribution in [0, 0.1) is 0 Å². The van der Waals surface area contributed by atoms with Gasteiger partial charge in [0.25, 0.3) is 0 Å². The fraction of sp³-hybridized carbons (Fsp3) is 0.333. The highest BCUT2D eigenvalue weighted by molar-refractivity contribution is 7.99. The minimum Gasteiger partial charge on any atom is -0.388 e. The van der Waals surface area contributed by atoms with Gasteiger partial charge in [-0.25, -0.2) is 0 Å². The van der Waals surface area contributed by atoms with Crippen molar-refractivity contribution in [2.75, 3.05) is 5.75 Å². The van der Waals surface area contributed by atoms with Crippen molar-refractivity contribution in [3.63, 3.8) is 0 Å². The van der Waals surface area contributed by atoms with Crippen LogP contribution in [-0.2, 0) is 0 Å². The Kier molecular flexibility index (Phi) is 1.88. The molecule has 0 aromatic heterocycles. The molecule has 1 N–H and O–H groups in total.